The fraction of sp³-hybridized carbons (Fsp3) is 0.250. The third-order valence-corrected chi connectivity index (χ3v) is 3.97. The Morgan fingerprint density at radius 3 is 2.78 bits per heavy atom. The lowest BCUT2D eigenvalue weighted by Gasteiger charge is -2.05. The van der Waals surface area contributed by atoms with Gasteiger partial charge in [-0.25, -0.2) is 0 Å². The van der Waals surface area contributed by atoms with Crippen molar-refractivity contribution in [3.8, 4) is 0 Å². The summed E-state index contributed by atoms with van der Waals surface area (Å²) in [6.07, 6.45) is 3.98. The lowest BCUT2D eigenvalue weighted by atomic mass is 10.1. The number of aryl methyl sites for hydroxylation is 2. The number of amides is 1. The molecule has 118 valence electrons. The molecule has 0 aliphatic heterocycles. The van der Waals surface area contributed by atoms with Crippen LogP contribution in [0.2, 0.25) is 0 Å². The average molecular weight is 307 g/mol. The SMILES string of the molecule is Cc1ccc2c(CC(=O)NCCCc3ccccc3)coc2c1. The number of rotatable bonds is 6. The second-order valence-corrected chi connectivity index (χ2v) is 5.88. The molecule has 0 fully saturated rings. The number of furan rings is 1. The van der Waals surface area contributed by atoms with Gasteiger partial charge >= 0.3 is 0 Å². The molecule has 0 spiro atoms. The van der Waals surface area contributed by atoms with Crippen molar-refractivity contribution in [3.05, 3.63) is 71.5 Å². The van der Waals surface area contributed by atoms with Gasteiger partial charge in [-0.3, -0.25) is 4.79 Å². The van der Waals surface area contributed by atoms with Gasteiger partial charge in [0.05, 0.1) is 12.7 Å². The highest BCUT2D eigenvalue weighted by Crippen LogP contribution is 2.22. The Labute approximate surface area is 136 Å². The molecule has 0 saturated carbocycles. The molecule has 23 heavy (non-hydrogen) atoms. The third-order valence-electron chi connectivity index (χ3n) is 3.97. The van der Waals surface area contributed by atoms with Crippen LogP contribution in [0.4, 0.5) is 0 Å². The van der Waals surface area contributed by atoms with Crippen molar-refractivity contribution in [3.63, 3.8) is 0 Å². The second kappa shape index (κ2) is 7.14. The largest absolute Gasteiger partial charge is 0.464 e. The minimum atomic E-state index is 0.0429. The van der Waals surface area contributed by atoms with Gasteiger partial charge in [-0.2, -0.15) is 0 Å². The Kier molecular flexibility index (Phi) is 4.77. The van der Waals surface area contributed by atoms with Gasteiger partial charge < -0.3 is 9.73 Å². The molecule has 0 aliphatic rings. The number of fused-ring (bicyclic) bond motifs is 1. The van der Waals surface area contributed by atoms with E-state index in [-0.39, 0.29) is 5.91 Å². The average Bonchev–Trinajstić information content (AvgIpc) is 2.94. The van der Waals surface area contributed by atoms with Crippen molar-refractivity contribution in [2.75, 3.05) is 6.54 Å². The summed E-state index contributed by atoms with van der Waals surface area (Å²) in [5.41, 5.74) is 4.25. The van der Waals surface area contributed by atoms with Crippen LogP contribution in [0.25, 0.3) is 11.0 Å². The Balaban J connectivity index is 1.49. The topological polar surface area (TPSA) is 42.2 Å². The van der Waals surface area contributed by atoms with Gasteiger partial charge in [-0.1, -0.05) is 42.5 Å². The van der Waals surface area contributed by atoms with Crippen molar-refractivity contribution in [2.45, 2.75) is 26.2 Å². The summed E-state index contributed by atoms with van der Waals surface area (Å²) in [6, 6.07) is 16.4. The highest BCUT2D eigenvalue weighted by Gasteiger charge is 2.10. The number of hydrogen-bond acceptors (Lipinski definition) is 2. The summed E-state index contributed by atoms with van der Waals surface area (Å²) in [5.74, 6) is 0.0429. The number of hydrogen-bond donors (Lipinski definition) is 1. The maximum atomic E-state index is 12.1. The highest BCUT2D eigenvalue weighted by atomic mass is 16.3. The molecule has 0 unspecified atom stereocenters. The lowest BCUT2D eigenvalue weighted by Crippen LogP contribution is -2.26. The normalized spacial score (nSPS) is 10.8. The maximum Gasteiger partial charge on any atom is 0.224 e. The molecule has 3 nitrogen and oxygen atoms in total. The van der Waals surface area contributed by atoms with Gasteiger partial charge in [0.15, 0.2) is 0 Å². The van der Waals surface area contributed by atoms with Gasteiger partial charge in [0.2, 0.25) is 5.91 Å². The van der Waals surface area contributed by atoms with Gasteiger partial charge in [0.25, 0.3) is 0 Å². The maximum absolute atomic E-state index is 12.1. The molecule has 1 N–H and O–H groups in total. The van der Waals surface area contributed by atoms with Crippen LogP contribution in [-0.4, -0.2) is 12.5 Å². The fourth-order valence-corrected chi connectivity index (χ4v) is 2.73. The smallest absolute Gasteiger partial charge is 0.224 e. The van der Waals surface area contributed by atoms with Crippen molar-refractivity contribution in [1.29, 1.82) is 0 Å². The van der Waals surface area contributed by atoms with Crippen molar-refractivity contribution >= 4 is 16.9 Å². The van der Waals surface area contributed by atoms with E-state index in [1.165, 1.54) is 5.56 Å². The zero-order valence-electron chi connectivity index (χ0n) is 13.3. The minimum Gasteiger partial charge on any atom is -0.464 e. The molecule has 0 saturated heterocycles. The number of carbonyl (C=O) groups excluding carboxylic acids is 1. The summed E-state index contributed by atoms with van der Waals surface area (Å²) in [4.78, 5) is 12.1. The van der Waals surface area contributed by atoms with Crippen LogP contribution in [0.1, 0.15) is 23.1 Å². The fourth-order valence-electron chi connectivity index (χ4n) is 2.73. The van der Waals surface area contributed by atoms with Crippen LogP contribution in [0.3, 0.4) is 0 Å². The van der Waals surface area contributed by atoms with Crippen molar-refractivity contribution in [1.82, 2.24) is 5.32 Å². The van der Waals surface area contributed by atoms with E-state index in [1.54, 1.807) is 6.26 Å². The Morgan fingerprint density at radius 2 is 1.96 bits per heavy atom. The Hall–Kier alpha value is -2.55. The van der Waals surface area contributed by atoms with E-state index >= 15 is 0 Å². The number of benzene rings is 2. The zero-order valence-corrected chi connectivity index (χ0v) is 13.3. The predicted octanol–water partition coefficient (Wildman–Crippen LogP) is 4.03. The highest BCUT2D eigenvalue weighted by molar-refractivity contribution is 5.87. The molecule has 3 rings (SSSR count). The van der Waals surface area contributed by atoms with Gasteiger partial charge in [-0.15, -0.1) is 0 Å². The molecule has 0 radical (unpaired) electrons. The monoisotopic (exact) mass is 307 g/mol. The van der Waals surface area contributed by atoms with Crippen molar-refractivity contribution < 1.29 is 9.21 Å². The molecule has 2 aromatic carbocycles. The molecule has 1 amide bonds. The molecule has 3 heteroatoms. The van der Waals surface area contributed by atoms with Gasteiger partial charge in [0, 0.05) is 17.5 Å². The zero-order chi connectivity index (χ0) is 16.1. The van der Waals surface area contributed by atoms with Crippen LogP contribution in [0, 0.1) is 6.92 Å². The number of nitrogens with one attached hydrogen (secondary N) is 1. The molecular weight excluding hydrogens is 286 g/mol. The first-order chi connectivity index (χ1) is 11.2. The van der Waals surface area contributed by atoms with E-state index in [4.69, 9.17) is 4.42 Å². The molecule has 3 aromatic rings. The predicted molar refractivity (Wildman–Crippen MR) is 92.4 cm³/mol. The van der Waals surface area contributed by atoms with E-state index in [2.05, 4.69) is 17.4 Å². The van der Waals surface area contributed by atoms with E-state index in [0.717, 1.165) is 34.9 Å². The quantitative estimate of drug-likeness (QED) is 0.699. The summed E-state index contributed by atoms with van der Waals surface area (Å²) < 4.78 is 5.53. The summed E-state index contributed by atoms with van der Waals surface area (Å²) in [7, 11) is 0. The van der Waals surface area contributed by atoms with Crippen LogP contribution in [0.15, 0.2) is 59.2 Å². The van der Waals surface area contributed by atoms with Crippen molar-refractivity contribution in [2.24, 2.45) is 0 Å². The summed E-state index contributed by atoms with van der Waals surface area (Å²) >= 11 is 0. The standard InChI is InChI=1S/C20H21NO2/c1-15-9-10-18-17(14-23-19(18)12-15)13-20(22)21-11-5-8-16-6-3-2-4-7-16/h2-4,6-7,9-10,12,14H,5,8,11,13H2,1H3,(H,21,22). The first-order valence-corrected chi connectivity index (χ1v) is 8.00. The third kappa shape index (κ3) is 4.01. The summed E-state index contributed by atoms with van der Waals surface area (Å²) in [5, 5.41) is 4.01. The molecule has 0 bridgehead atoms. The minimum absolute atomic E-state index is 0.0429. The first-order valence-electron chi connectivity index (χ1n) is 8.00. The Bertz CT molecular complexity index is 790. The van der Waals surface area contributed by atoms with Crippen LogP contribution in [0.5, 0.6) is 0 Å². The van der Waals surface area contributed by atoms with E-state index in [0.29, 0.717) is 13.0 Å². The first kappa shape index (κ1) is 15.3. The molecule has 1 aromatic heterocycles. The molecule has 0 aliphatic carbocycles. The molecule has 1 heterocycles. The van der Waals surface area contributed by atoms with Gasteiger partial charge in [0.1, 0.15) is 5.58 Å². The van der Waals surface area contributed by atoms with Crippen LogP contribution >= 0.6 is 0 Å². The molecule has 0 atom stereocenters. The van der Waals surface area contributed by atoms with E-state index in [9.17, 15) is 4.79 Å². The van der Waals surface area contributed by atoms with Crippen LogP contribution < -0.4 is 5.32 Å². The van der Waals surface area contributed by atoms with E-state index < -0.39 is 0 Å². The number of carbonyl (C=O) groups is 1. The van der Waals surface area contributed by atoms with Crippen LogP contribution in [-0.2, 0) is 17.6 Å². The molecular formula is C20H21NO2. The lowest BCUT2D eigenvalue weighted by molar-refractivity contribution is -0.120. The van der Waals surface area contributed by atoms with Gasteiger partial charge in [-0.05, 0) is 37.0 Å². The Morgan fingerprint density at radius 1 is 1.13 bits per heavy atom. The second-order valence-electron chi connectivity index (χ2n) is 5.88. The van der Waals surface area contributed by atoms with E-state index in [1.807, 2.05) is 43.3 Å². The summed E-state index contributed by atoms with van der Waals surface area (Å²) in [6.45, 7) is 2.73.